The smallest absolute Gasteiger partial charge is 0.133 e. The van der Waals surface area contributed by atoms with Crippen molar-refractivity contribution in [2.45, 2.75) is 25.0 Å². The van der Waals surface area contributed by atoms with Crippen molar-refractivity contribution in [2.24, 2.45) is 11.8 Å². The number of nitrogens with zero attached hydrogens (tertiary/aromatic N) is 2. The standard InChI is InChI=1S/C20H23FN2O3/c21-15-1-4-17(5-2-15)26-18-7-13-10-23(11-14(13)8-18)12-20(25)19-6-3-16(24)9-22-19/h1-6,9,13-14,18,20,24-25H,7-8,10-12H2/t13-,14+,18+,20?. The predicted octanol–water partition coefficient (Wildman–Crippen LogP) is 2.75. The van der Waals surface area contributed by atoms with Crippen molar-refractivity contribution in [1.29, 1.82) is 0 Å². The number of hydrogen-bond acceptors (Lipinski definition) is 5. The molecule has 6 heteroatoms. The van der Waals surface area contributed by atoms with Gasteiger partial charge in [0.2, 0.25) is 0 Å². The molecule has 4 atom stereocenters. The van der Waals surface area contributed by atoms with E-state index in [2.05, 4.69) is 9.88 Å². The van der Waals surface area contributed by atoms with Crippen LogP contribution < -0.4 is 4.74 Å². The first-order chi connectivity index (χ1) is 12.6. The fourth-order valence-electron chi connectivity index (χ4n) is 4.23. The topological polar surface area (TPSA) is 65.8 Å². The summed E-state index contributed by atoms with van der Waals surface area (Å²) in [7, 11) is 0. The van der Waals surface area contributed by atoms with Crippen LogP contribution in [0.5, 0.6) is 11.5 Å². The average Bonchev–Trinajstić information content (AvgIpc) is 3.15. The van der Waals surface area contributed by atoms with E-state index in [1.54, 1.807) is 24.3 Å². The molecule has 0 radical (unpaired) electrons. The molecule has 1 aromatic carbocycles. The van der Waals surface area contributed by atoms with Crippen LogP contribution in [0.4, 0.5) is 4.39 Å². The van der Waals surface area contributed by atoms with E-state index in [1.165, 1.54) is 18.3 Å². The SMILES string of the molecule is Oc1ccc(C(O)CN2C[C@H]3C[C@H](Oc4ccc(F)cc4)C[C@H]3C2)nc1. The second-order valence-electron chi connectivity index (χ2n) is 7.36. The Labute approximate surface area is 152 Å². The van der Waals surface area contributed by atoms with Crippen molar-refractivity contribution < 1.29 is 19.3 Å². The maximum atomic E-state index is 13.0. The summed E-state index contributed by atoms with van der Waals surface area (Å²) in [5.41, 5.74) is 0.581. The number of rotatable bonds is 5. The number of benzene rings is 1. The minimum absolute atomic E-state index is 0.101. The van der Waals surface area contributed by atoms with E-state index in [0.29, 0.717) is 24.1 Å². The summed E-state index contributed by atoms with van der Waals surface area (Å²) in [5.74, 6) is 1.71. The zero-order valence-electron chi connectivity index (χ0n) is 14.5. The minimum Gasteiger partial charge on any atom is -0.506 e. The summed E-state index contributed by atoms with van der Waals surface area (Å²) < 4.78 is 19.0. The van der Waals surface area contributed by atoms with E-state index >= 15 is 0 Å². The number of halogens is 1. The van der Waals surface area contributed by atoms with Gasteiger partial charge in [0, 0.05) is 19.6 Å². The van der Waals surface area contributed by atoms with E-state index in [9.17, 15) is 14.6 Å². The first-order valence-corrected chi connectivity index (χ1v) is 9.04. The lowest BCUT2D eigenvalue weighted by atomic mass is 10.0. The minimum atomic E-state index is -0.652. The molecule has 1 saturated heterocycles. The molecule has 2 fully saturated rings. The number of hydrogen-bond donors (Lipinski definition) is 2. The van der Waals surface area contributed by atoms with Gasteiger partial charge in [0.15, 0.2) is 0 Å². The van der Waals surface area contributed by atoms with Crippen LogP contribution in [-0.4, -0.2) is 45.8 Å². The van der Waals surface area contributed by atoms with Crippen LogP contribution in [-0.2, 0) is 0 Å². The fraction of sp³-hybridized carbons (Fsp3) is 0.450. The Bertz CT molecular complexity index is 724. The second-order valence-corrected chi connectivity index (χ2v) is 7.36. The molecule has 26 heavy (non-hydrogen) atoms. The molecule has 0 bridgehead atoms. The maximum Gasteiger partial charge on any atom is 0.133 e. The highest BCUT2D eigenvalue weighted by atomic mass is 19.1. The summed E-state index contributed by atoms with van der Waals surface area (Å²) in [5, 5.41) is 19.7. The van der Waals surface area contributed by atoms with Gasteiger partial charge in [0.25, 0.3) is 0 Å². The van der Waals surface area contributed by atoms with Crippen LogP contribution in [0.1, 0.15) is 24.6 Å². The third-order valence-electron chi connectivity index (χ3n) is 5.44. The van der Waals surface area contributed by atoms with E-state index in [4.69, 9.17) is 4.74 Å². The number of likely N-dealkylation sites (tertiary alicyclic amines) is 1. The number of β-amino-alcohol motifs (C(OH)–C–C–N with tert-alkyl or cyclic N) is 1. The molecule has 1 saturated carbocycles. The van der Waals surface area contributed by atoms with Crippen LogP contribution in [0, 0.1) is 17.7 Å². The van der Waals surface area contributed by atoms with Crippen molar-refractivity contribution in [1.82, 2.24) is 9.88 Å². The molecule has 0 amide bonds. The maximum absolute atomic E-state index is 13.0. The molecule has 5 nitrogen and oxygen atoms in total. The largest absolute Gasteiger partial charge is 0.506 e. The zero-order valence-corrected chi connectivity index (χ0v) is 14.5. The van der Waals surface area contributed by atoms with Crippen LogP contribution in [0.15, 0.2) is 42.6 Å². The normalized spacial score (nSPS) is 26.6. The first-order valence-electron chi connectivity index (χ1n) is 9.04. The van der Waals surface area contributed by atoms with Gasteiger partial charge in [0.1, 0.15) is 23.4 Å². The number of fused-ring (bicyclic) bond motifs is 1. The fourth-order valence-corrected chi connectivity index (χ4v) is 4.23. The molecule has 2 heterocycles. The molecule has 1 unspecified atom stereocenters. The monoisotopic (exact) mass is 358 g/mol. The molecule has 1 aliphatic heterocycles. The van der Waals surface area contributed by atoms with Gasteiger partial charge < -0.3 is 14.9 Å². The van der Waals surface area contributed by atoms with Crippen molar-refractivity contribution in [2.75, 3.05) is 19.6 Å². The summed E-state index contributed by atoms with van der Waals surface area (Å²) in [6, 6.07) is 9.40. The third kappa shape index (κ3) is 3.81. The summed E-state index contributed by atoms with van der Waals surface area (Å²) >= 11 is 0. The van der Waals surface area contributed by atoms with Gasteiger partial charge in [-0.1, -0.05) is 0 Å². The second kappa shape index (κ2) is 7.21. The molecule has 138 valence electrons. The summed E-state index contributed by atoms with van der Waals surface area (Å²) in [6.45, 7) is 2.44. The Balaban J connectivity index is 1.28. The molecule has 4 rings (SSSR count). The van der Waals surface area contributed by atoms with Crippen LogP contribution in [0.25, 0.3) is 0 Å². The Morgan fingerprint density at radius 3 is 2.42 bits per heavy atom. The number of aromatic hydroxyl groups is 1. The Hall–Kier alpha value is -2.18. The van der Waals surface area contributed by atoms with Crippen LogP contribution >= 0.6 is 0 Å². The number of pyridine rings is 1. The van der Waals surface area contributed by atoms with E-state index in [-0.39, 0.29) is 17.7 Å². The van der Waals surface area contributed by atoms with Gasteiger partial charge in [-0.05, 0) is 61.1 Å². The molecule has 1 aromatic heterocycles. The molecular formula is C20H23FN2O3. The predicted molar refractivity (Wildman–Crippen MR) is 94.3 cm³/mol. The quantitative estimate of drug-likeness (QED) is 0.860. The van der Waals surface area contributed by atoms with Crippen molar-refractivity contribution >= 4 is 0 Å². The van der Waals surface area contributed by atoms with Crippen molar-refractivity contribution in [3.05, 3.63) is 54.1 Å². The molecular weight excluding hydrogens is 335 g/mol. The lowest BCUT2D eigenvalue weighted by Gasteiger charge is -2.22. The van der Waals surface area contributed by atoms with Crippen molar-refractivity contribution in [3.63, 3.8) is 0 Å². The number of ether oxygens (including phenoxy) is 1. The van der Waals surface area contributed by atoms with Gasteiger partial charge in [0.05, 0.1) is 18.0 Å². The highest BCUT2D eigenvalue weighted by Crippen LogP contribution is 2.40. The van der Waals surface area contributed by atoms with Gasteiger partial charge in [-0.3, -0.25) is 9.88 Å². The van der Waals surface area contributed by atoms with Gasteiger partial charge in [-0.25, -0.2) is 4.39 Å². The van der Waals surface area contributed by atoms with Crippen LogP contribution in [0.3, 0.4) is 0 Å². The number of aromatic nitrogens is 1. The van der Waals surface area contributed by atoms with E-state index in [0.717, 1.165) is 31.7 Å². The van der Waals surface area contributed by atoms with Gasteiger partial charge in [-0.15, -0.1) is 0 Å². The third-order valence-corrected chi connectivity index (χ3v) is 5.44. The van der Waals surface area contributed by atoms with Gasteiger partial charge in [-0.2, -0.15) is 0 Å². The molecule has 1 aliphatic carbocycles. The average molecular weight is 358 g/mol. The summed E-state index contributed by atoms with van der Waals surface area (Å²) in [6.07, 6.45) is 2.87. The Kier molecular flexibility index (Phi) is 4.78. The zero-order chi connectivity index (χ0) is 18.1. The molecule has 0 spiro atoms. The van der Waals surface area contributed by atoms with Gasteiger partial charge >= 0.3 is 0 Å². The number of aliphatic hydroxyl groups is 1. The highest BCUT2D eigenvalue weighted by molar-refractivity contribution is 5.23. The number of aliphatic hydroxyl groups excluding tert-OH is 1. The lowest BCUT2D eigenvalue weighted by molar-refractivity contribution is 0.113. The lowest BCUT2D eigenvalue weighted by Crippen LogP contribution is -2.29. The van der Waals surface area contributed by atoms with Crippen LogP contribution in [0.2, 0.25) is 0 Å². The summed E-state index contributed by atoms with van der Waals surface area (Å²) in [4.78, 5) is 6.36. The molecule has 2 N–H and O–H groups in total. The Morgan fingerprint density at radius 2 is 1.81 bits per heavy atom. The molecule has 2 aliphatic rings. The first kappa shape index (κ1) is 17.2. The highest BCUT2D eigenvalue weighted by Gasteiger charge is 2.42. The van der Waals surface area contributed by atoms with E-state index in [1.807, 2.05) is 0 Å². The molecule has 2 aromatic rings. The van der Waals surface area contributed by atoms with Crippen molar-refractivity contribution in [3.8, 4) is 11.5 Å². The van der Waals surface area contributed by atoms with E-state index < -0.39 is 6.10 Å². The Morgan fingerprint density at radius 1 is 1.12 bits per heavy atom.